The van der Waals surface area contributed by atoms with Gasteiger partial charge in [-0.25, -0.2) is 5.43 Å². The zero-order valence-corrected chi connectivity index (χ0v) is 13.8. The number of methoxy groups -OCH3 is 1. The van der Waals surface area contributed by atoms with Crippen LogP contribution in [-0.4, -0.2) is 25.2 Å². The molecule has 0 radical (unpaired) electrons. The van der Waals surface area contributed by atoms with E-state index in [9.17, 15) is 9.59 Å². The predicted molar refractivity (Wildman–Crippen MR) is 90.8 cm³/mol. The van der Waals surface area contributed by atoms with Gasteiger partial charge in [-0.05, 0) is 48.0 Å². The molecule has 6 nitrogen and oxygen atoms in total. The predicted octanol–water partition coefficient (Wildman–Crippen LogP) is 3.04. The summed E-state index contributed by atoms with van der Waals surface area (Å²) in [5.41, 5.74) is 3.52. The van der Waals surface area contributed by atoms with Gasteiger partial charge >= 0.3 is 5.97 Å². The zero-order chi connectivity index (χ0) is 17.5. The third-order valence-corrected chi connectivity index (χ3v) is 3.18. The molecule has 0 aliphatic heterocycles. The Labute approximate surface area is 144 Å². The number of carbonyl (C=O) groups is 2. The van der Waals surface area contributed by atoms with Gasteiger partial charge in [-0.1, -0.05) is 11.6 Å². The lowest BCUT2D eigenvalue weighted by Crippen LogP contribution is -2.17. The van der Waals surface area contributed by atoms with Crippen molar-refractivity contribution in [1.29, 1.82) is 0 Å². The molecule has 0 saturated carbocycles. The Bertz CT molecular complexity index is 773. The van der Waals surface area contributed by atoms with Crippen LogP contribution in [-0.2, 0) is 4.79 Å². The van der Waals surface area contributed by atoms with Crippen molar-refractivity contribution in [3.8, 4) is 11.5 Å². The molecular formula is C17H15ClN2O4. The van der Waals surface area contributed by atoms with E-state index in [1.165, 1.54) is 20.2 Å². The molecule has 0 aromatic heterocycles. The average Bonchev–Trinajstić information content (AvgIpc) is 2.56. The maximum absolute atomic E-state index is 11.9. The number of carbonyl (C=O) groups excluding carboxylic acids is 2. The van der Waals surface area contributed by atoms with Crippen LogP contribution >= 0.6 is 11.6 Å². The molecule has 0 aliphatic carbocycles. The van der Waals surface area contributed by atoms with Gasteiger partial charge in [-0.15, -0.1) is 0 Å². The number of hydrazone groups is 1. The summed E-state index contributed by atoms with van der Waals surface area (Å²) in [4.78, 5) is 22.9. The number of benzene rings is 2. The van der Waals surface area contributed by atoms with Crippen LogP contribution in [0, 0.1) is 0 Å². The number of amides is 1. The highest BCUT2D eigenvalue weighted by Gasteiger charge is 2.07. The van der Waals surface area contributed by atoms with Crippen molar-refractivity contribution in [1.82, 2.24) is 5.43 Å². The lowest BCUT2D eigenvalue weighted by atomic mass is 10.2. The minimum atomic E-state index is -0.440. The van der Waals surface area contributed by atoms with Crippen molar-refractivity contribution < 1.29 is 19.1 Å². The molecule has 24 heavy (non-hydrogen) atoms. The number of rotatable bonds is 5. The van der Waals surface area contributed by atoms with E-state index in [4.69, 9.17) is 21.1 Å². The summed E-state index contributed by atoms with van der Waals surface area (Å²) >= 11 is 5.77. The summed E-state index contributed by atoms with van der Waals surface area (Å²) in [5, 5.41) is 4.44. The lowest BCUT2D eigenvalue weighted by molar-refractivity contribution is -0.132. The highest BCUT2D eigenvalue weighted by atomic mass is 35.5. The molecule has 0 spiro atoms. The lowest BCUT2D eigenvalue weighted by Gasteiger charge is -2.08. The molecule has 0 aliphatic rings. The topological polar surface area (TPSA) is 77.0 Å². The number of esters is 1. The van der Waals surface area contributed by atoms with Crippen LogP contribution < -0.4 is 14.9 Å². The molecule has 0 unspecified atom stereocenters. The van der Waals surface area contributed by atoms with E-state index in [1.807, 2.05) is 0 Å². The van der Waals surface area contributed by atoms with Gasteiger partial charge in [0.15, 0.2) is 11.5 Å². The number of halogens is 1. The largest absolute Gasteiger partial charge is 0.493 e. The van der Waals surface area contributed by atoms with Gasteiger partial charge in [0.05, 0.1) is 13.3 Å². The fourth-order valence-corrected chi connectivity index (χ4v) is 1.96. The Balaban J connectivity index is 2.04. The number of hydrogen-bond donors (Lipinski definition) is 1. The highest BCUT2D eigenvalue weighted by molar-refractivity contribution is 6.30. The summed E-state index contributed by atoms with van der Waals surface area (Å²) in [7, 11) is 1.46. The van der Waals surface area contributed by atoms with E-state index in [1.54, 1.807) is 42.5 Å². The van der Waals surface area contributed by atoms with Crippen LogP contribution in [0.5, 0.6) is 11.5 Å². The summed E-state index contributed by atoms with van der Waals surface area (Å²) < 4.78 is 10.2. The number of nitrogens with zero attached hydrogens (tertiary/aromatic N) is 1. The van der Waals surface area contributed by atoms with Crippen molar-refractivity contribution in [2.45, 2.75) is 6.92 Å². The third kappa shape index (κ3) is 4.82. The second-order valence-electron chi connectivity index (χ2n) is 4.71. The van der Waals surface area contributed by atoms with E-state index >= 15 is 0 Å². The molecule has 124 valence electrons. The van der Waals surface area contributed by atoms with Crippen LogP contribution in [0.4, 0.5) is 0 Å². The van der Waals surface area contributed by atoms with Crippen molar-refractivity contribution in [2.24, 2.45) is 5.10 Å². The van der Waals surface area contributed by atoms with E-state index in [2.05, 4.69) is 10.5 Å². The van der Waals surface area contributed by atoms with Crippen LogP contribution in [0.25, 0.3) is 0 Å². The molecule has 0 fully saturated rings. The Hall–Kier alpha value is -2.86. The fraction of sp³-hybridized carbons (Fsp3) is 0.118. The quantitative estimate of drug-likeness (QED) is 0.391. The zero-order valence-electron chi connectivity index (χ0n) is 13.1. The highest BCUT2D eigenvalue weighted by Crippen LogP contribution is 2.27. The summed E-state index contributed by atoms with van der Waals surface area (Å²) in [6.45, 7) is 1.31. The van der Waals surface area contributed by atoms with Gasteiger partial charge in [-0.2, -0.15) is 5.10 Å². The normalized spacial score (nSPS) is 10.5. The molecule has 0 saturated heterocycles. The first-order chi connectivity index (χ1) is 11.5. The third-order valence-electron chi connectivity index (χ3n) is 2.93. The molecule has 1 N–H and O–H groups in total. The Morgan fingerprint density at radius 2 is 1.83 bits per heavy atom. The van der Waals surface area contributed by atoms with Crippen LogP contribution in [0.3, 0.4) is 0 Å². The Morgan fingerprint density at radius 1 is 1.12 bits per heavy atom. The molecular weight excluding hydrogens is 332 g/mol. The van der Waals surface area contributed by atoms with Gasteiger partial charge in [0.25, 0.3) is 5.91 Å². The van der Waals surface area contributed by atoms with Gasteiger partial charge in [0, 0.05) is 17.5 Å². The molecule has 2 aromatic carbocycles. The van der Waals surface area contributed by atoms with Crippen LogP contribution in [0.2, 0.25) is 5.02 Å². The molecule has 0 heterocycles. The Morgan fingerprint density at radius 3 is 2.46 bits per heavy atom. The van der Waals surface area contributed by atoms with Crippen LogP contribution in [0.1, 0.15) is 22.8 Å². The van der Waals surface area contributed by atoms with Crippen LogP contribution in [0.15, 0.2) is 47.6 Å². The number of nitrogens with one attached hydrogen (secondary N) is 1. The number of hydrogen-bond acceptors (Lipinski definition) is 5. The second-order valence-corrected chi connectivity index (χ2v) is 5.15. The van der Waals surface area contributed by atoms with Crippen molar-refractivity contribution >= 4 is 29.7 Å². The van der Waals surface area contributed by atoms with Gasteiger partial charge in [0.1, 0.15) is 0 Å². The molecule has 2 aromatic rings. The van der Waals surface area contributed by atoms with E-state index < -0.39 is 5.97 Å². The monoisotopic (exact) mass is 346 g/mol. The summed E-state index contributed by atoms with van der Waals surface area (Å²) in [6.07, 6.45) is 1.45. The smallest absolute Gasteiger partial charge is 0.308 e. The molecule has 7 heteroatoms. The number of ether oxygens (including phenoxy) is 2. The first-order valence-electron chi connectivity index (χ1n) is 6.95. The minimum Gasteiger partial charge on any atom is -0.493 e. The molecule has 2 rings (SSSR count). The van der Waals surface area contributed by atoms with E-state index in [-0.39, 0.29) is 5.91 Å². The maximum Gasteiger partial charge on any atom is 0.308 e. The minimum absolute atomic E-state index is 0.312. The van der Waals surface area contributed by atoms with E-state index in [0.29, 0.717) is 27.6 Å². The average molecular weight is 347 g/mol. The molecule has 1 amide bonds. The molecule has 0 bridgehead atoms. The maximum atomic E-state index is 11.9. The van der Waals surface area contributed by atoms with Crippen molar-refractivity contribution in [3.63, 3.8) is 0 Å². The van der Waals surface area contributed by atoms with Crippen molar-refractivity contribution in [2.75, 3.05) is 7.11 Å². The SMILES string of the molecule is COc1cc(/C=N/NC(=O)c2ccc(Cl)cc2)ccc1OC(C)=O. The summed E-state index contributed by atoms with van der Waals surface area (Å²) in [5.74, 6) is -0.0955. The second kappa shape index (κ2) is 8.12. The summed E-state index contributed by atoms with van der Waals surface area (Å²) in [6, 6.07) is 11.4. The standard InChI is InChI=1S/C17H15ClN2O4/c1-11(21)24-15-8-3-12(9-16(15)23-2)10-19-20-17(22)13-4-6-14(18)7-5-13/h3-10H,1-2H3,(H,20,22)/b19-10+. The first-order valence-corrected chi connectivity index (χ1v) is 7.33. The van der Waals surface area contributed by atoms with Gasteiger partial charge in [0.2, 0.25) is 0 Å². The first kappa shape index (κ1) is 17.5. The molecule has 0 atom stereocenters. The van der Waals surface area contributed by atoms with Gasteiger partial charge < -0.3 is 9.47 Å². The fourth-order valence-electron chi connectivity index (χ4n) is 1.83. The van der Waals surface area contributed by atoms with Crippen molar-refractivity contribution in [3.05, 3.63) is 58.6 Å². The van der Waals surface area contributed by atoms with Gasteiger partial charge in [-0.3, -0.25) is 9.59 Å². The van der Waals surface area contributed by atoms with E-state index in [0.717, 1.165) is 0 Å². The Kier molecular flexibility index (Phi) is 5.92.